The number of benzene rings is 2. The molecule has 0 radical (unpaired) electrons. The Bertz CT molecular complexity index is 730. The van der Waals surface area contributed by atoms with Crippen LogP contribution < -0.4 is 0 Å². The molecule has 2 nitrogen and oxygen atoms in total. The minimum atomic E-state index is -0.257. The molecule has 1 aromatic heterocycles. The number of H-pyrrole nitrogens is 1. The zero-order valence-electron chi connectivity index (χ0n) is 9.48. The highest BCUT2D eigenvalue weighted by atomic mass is 19.1. The molecular formula is C15H10FNO. The van der Waals surface area contributed by atoms with E-state index in [0.29, 0.717) is 5.56 Å². The van der Waals surface area contributed by atoms with Gasteiger partial charge in [0.25, 0.3) is 0 Å². The number of hydrogen-bond donors (Lipinski definition) is 1. The maximum absolute atomic E-state index is 13.2. The summed E-state index contributed by atoms with van der Waals surface area (Å²) in [6, 6.07) is 12.1. The molecule has 0 bridgehead atoms. The summed E-state index contributed by atoms with van der Waals surface area (Å²) in [4.78, 5) is 13.9. The lowest BCUT2D eigenvalue weighted by Gasteiger charge is -2.02. The van der Waals surface area contributed by atoms with Crippen molar-refractivity contribution in [3.05, 3.63) is 60.0 Å². The topological polar surface area (TPSA) is 32.9 Å². The van der Waals surface area contributed by atoms with Crippen molar-refractivity contribution in [2.75, 3.05) is 0 Å². The number of rotatable bonds is 2. The lowest BCUT2D eigenvalue weighted by Crippen LogP contribution is -1.81. The van der Waals surface area contributed by atoms with E-state index in [2.05, 4.69) is 4.98 Å². The van der Waals surface area contributed by atoms with Crippen LogP contribution in [-0.4, -0.2) is 11.3 Å². The number of halogens is 1. The number of aromatic nitrogens is 1. The smallest absolute Gasteiger partial charge is 0.152 e. The quantitative estimate of drug-likeness (QED) is 0.678. The summed E-state index contributed by atoms with van der Waals surface area (Å²) in [5.74, 6) is -0.257. The van der Waals surface area contributed by atoms with Crippen LogP contribution in [0.4, 0.5) is 4.39 Å². The number of hydrogen-bond acceptors (Lipinski definition) is 1. The van der Waals surface area contributed by atoms with Crippen molar-refractivity contribution >= 4 is 17.2 Å². The molecule has 0 aliphatic rings. The molecule has 0 spiro atoms. The van der Waals surface area contributed by atoms with Crippen LogP contribution in [0.15, 0.2) is 48.7 Å². The minimum Gasteiger partial charge on any atom is -0.360 e. The first-order valence-electron chi connectivity index (χ1n) is 5.60. The Morgan fingerprint density at radius 1 is 1.06 bits per heavy atom. The summed E-state index contributed by atoms with van der Waals surface area (Å²) in [5.41, 5.74) is 3.25. The Balaban J connectivity index is 2.16. The fourth-order valence-electron chi connectivity index (χ4n) is 2.09. The molecule has 2 aromatic carbocycles. The summed E-state index contributed by atoms with van der Waals surface area (Å²) < 4.78 is 13.2. The predicted molar refractivity (Wildman–Crippen MR) is 69.1 cm³/mol. The van der Waals surface area contributed by atoms with Crippen LogP contribution >= 0.6 is 0 Å². The summed E-state index contributed by atoms with van der Waals surface area (Å²) >= 11 is 0. The third-order valence-electron chi connectivity index (χ3n) is 3.00. The van der Waals surface area contributed by atoms with Gasteiger partial charge in [0.1, 0.15) is 5.82 Å². The minimum absolute atomic E-state index is 0.257. The van der Waals surface area contributed by atoms with Crippen LogP contribution in [0.2, 0.25) is 0 Å². The maximum atomic E-state index is 13.2. The third kappa shape index (κ3) is 1.70. The van der Waals surface area contributed by atoms with E-state index in [1.165, 1.54) is 12.1 Å². The van der Waals surface area contributed by atoms with Gasteiger partial charge in [0.05, 0.1) is 0 Å². The standard InChI is InChI=1S/C15H10FNO/c16-13-3-1-2-10(6-13)11-4-5-14-12(9-18)8-17-15(14)7-11/h1-9,17H. The summed E-state index contributed by atoms with van der Waals surface area (Å²) in [5, 5.41) is 0.880. The van der Waals surface area contributed by atoms with Gasteiger partial charge in [-0.2, -0.15) is 0 Å². The largest absolute Gasteiger partial charge is 0.360 e. The van der Waals surface area contributed by atoms with E-state index in [-0.39, 0.29) is 5.82 Å². The Morgan fingerprint density at radius 2 is 1.89 bits per heavy atom. The van der Waals surface area contributed by atoms with Crippen LogP contribution in [0.25, 0.3) is 22.0 Å². The molecule has 88 valence electrons. The molecule has 1 N–H and O–H groups in total. The highest BCUT2D eigenvalue weighted by Crippen LogP contribution is 2.25. The normalized spacial score (nSPS) is 10.7. The highest BCUT2D eigenvalue weighted by Gasteiger charge is 2.05. The van der Waals surface area contributed by atoms with E-state index in [0.717, 1.165) is 28.3 Å². The average molecular weight is 239 g/mol. The van der Waals surface area contributed by atoms with Gasteiger partial charge in [-0.15, -0.1) is 0 Å². The molecule has 0 aliphatic heterocycles. The molecule has 0 saturated heterocycles. The molecule has 1 heterocycles. The Kier molecular flexibility index (Phi) is 2.45. The first-order valence-corrected chi connectivity index (χ1v) is 5.60. The molecule has 0 fully saturated rings. The highest BCUT2D eigenvalue weighted by molar-refractivity contribution is 5.98. The zero-order chi connectivity index (χ0) is 12.5. The van der Waals surface area contributed by atoms with Crippen LogP contribution in [0.1, 0.15) is 10.4 Å². The van der Waals surface area contributed by atoms with Crippen molar-refractivity contribution in [2.45, 2.75) is 0 Å². The number of carbonyl (C=O) groups excluding carboxylic acids is 1. The van der Waals surface area contributed by atoms with Gasteiger partial charge in [-0.1, -0.05) is 24.3 Å². The van der Waals surface area contributed by atoms with E-state index in [1.807, 2.05) is 24.3 Å². The number of carbonyl (C=O) groups is 1. The number of aromatic amines is 1. The van der Waals surface area contributed by atoms with E-state index in [1.54, 1.807) is 12.3 Å². The average Bonchev–Trinajstić information content (AvgIpc) is 2.80. The Hall–Kier alpha value is -2.42. The Labute approximate surface area is 103 Å². The van der Waals surface area contributed by atoms with Gasteiger partial charge in [0.2, 0.25) is 0 Å². The van der Waals surface area contributed by atoms with Crippen molar-refractivity contribution < 1.29 is 9.18 Å². The summed E-state index contributed by atoms with van der Waals surface area (Å²) in [6.07, 6.45) is 2.49. The first kappa shape index (κ1) is 10.7. The van der Waals surface area contributed by atoms with Crippen molar-refractivity contribution in [2.24, 2.45) is 0 Å². The monoisotopic (exact) mass is 239 g/mol. The van der Waals surface area contributed by atoms with E-state index in [9.17, 15) is 9.18 Å². The molecule has 3 heteroatoms. The molecule has 3 aromatic rings. The van der Waals surface area contributed by atoms with E-state index in [4.69, 9.17) is 0 Å². The SMILES string of the molecule is O=Cc1c[nH]c2cc(-c3cccc(F)c3)ccc12. The lowest BCUT2D eigenvalue weighted by molar-refractivity contribution is 0.112. The molecule has 0 amide bonds. The summed E-state index contributed by atoms with van der Waals surface area (Å²) in [6.45, 7) is 0. The van der Waals surface area contributed by atoms with Gasteiger partial charge >= 0.3 is 0 Å². The molecule has 0 atom stereocenters. The van der Waals surface area contributed by atoms with Crippen LogP contribution in [0.3, 0.4) is 0 Å². The number of aldehydes is 1. The molecule has 3 rings (SSSR count). The molecule has 0 aliphatic carbocycles. The summed E-state index contributed by atoms with van der Waals surface area (Å²) in [7, 11) is 0. The first-order chi connectivity index (χ1) is 8.78. The van der Waals surface area contributed by atoms with Gasteiger partial charge < -0.3 is 4.98 Å². The number of fused-ring (bicyclic) bond motifs is 1. The van der Waals surface area contributed by atoms with Gasteiger partial charge in [-0.25, -0.2) is 4.39 Å². The zero-order valence-corrected chi connectivity index (χ0v) is 9.48. The molecular weight excluding hydrogens is 229 g/mol. The molecule has 18 heavy (non-hydrogen) atoms. The lowest BCUT2D eigenvalue weighted by atomic mass is 10.0. The third-order valence-corrected chi connectivity index (χ3v) is 3.00. The number of nitrogens with one attached hydrogen (secondary N) is 1. The van der Waals surface area contributed by atoms with Crippen LogP contribution in [0, 0.1) is 5.82 Å². The van der Waals surface area contributed by atoms with Gasteiger partial charge in [0, 0.05) is 22.7 Å². The second-order valence-corrected chi connectivity index (χ2v) is 4.13. The fourth-order valence-corrected chi connectivity index (χ4v) is 2.09. The second-order valence-electron chi connectivity index (χ2n) is 4.13. The van der Waals surface area contributed by atoms with E-state index >= 15 is 0 Å². The fraction of sp³-hybridized carbons (Fsp3) is 0. The van der Waals surface area contributed by atoms with Gasteiger partial charge in [0.15, 0.2) is 6.29 Å². The Morgan fingerprint density at radius 3 is 2.67 bits per heavy atom. The molecule has 0 saturated carbocycles. The van der Waals surface area contributed by atoms with E-state index < -0.39 is 0 Å². The maximum Gasteiger partial charge on any atom is 0.152 e. The second kappa shape index (κ2) is 4.11. The van der Waals surface area contributed by atoms with Gasteiger partial charge in [-0.05, 0) is 29.3 Å². The molecule has 0 unspecified atom stereocenters. The van der Waals surface area contributed by atoms with Crippen molar-refractivity contribution in [3.8, 4) is 11.1 Å². The van der Waals surface area contributed by atoms with Crippen molar-refractivity contribution in [3.63, 3.8) is 0 Å². The van der Waals surface area contributed by atoms with Crippen molar-refractivity contribution in [1.29, 1.82) is 0 Å². The predicted octanol–water partition coefficient (Wildman–Crippen LogP) is 3.79. The van der Waals surface area contributed by atoms with Crippen LogP contribution in [-0.2, 0) is 0 Å². The van der Waals surface area contributed by atoms with Crippen molar-refractivity contribution in [1.82, 2.24) is 4.98 Å². The van der Waals surface area contributed by atoms with Gasteiger partial charge in [-0.3, -0.25) is 4.79 Å². The van der Waals surface area contributed by atoms with Crippen LogP contribution in [0.5, 0.6) is 0 Å².